The van der Waals surface area contributed by atoms with Gasteiger partial charge >= 0.3 is 0 Å². The number of amides is 1. The number of carbonyl (C=O) groups is 1. The number of benzene rings is 1. The van der Waals surface area contributed by atoms with Crippen molar-refractivity contribution in [3.05, 3.63) is 42.0 Å². The van der Waals surface area contributed by atoms with Gasteiger partial charge in [0.15, 0.2) is 0 Å². The first kappa shape index (κ1) is 25.1. The number of nitrogens with zero attached hydrogens (tertiary/aromatic N) is 4. The smallest absolute Gasteiger partial charge is 0.257 e. The highest BCUT2D eigenvalue weighted by Crippen LogP contribution is 2.41. The molecule has 8 heteroatoms. The van der Waals surface area contributed by atoms with Gasteiger partial charge in [0.1, 0.15) is 5.82 Å². The Morgan fingerprint density at radius 2 is 1.94 bits per heavy atom. The zero-order valence-corrected chi connectivity index (χ0v) is 21.2. The lowest BCUT2D eigenvalue weighted by Gasteiger charge is -2.44. The summed E-state index contributed by atoms with van der Waals surface area (Å²) >= 11 is 0. The summed E-state index contributed by atoms with van der Waals surface area (Å²) in [6.45, 7) is 6.98. The maximum Gasteiger partial charge on any atom is 0.257 e. The average molecular weight is 497 g/mol. The quantitative estimate of drug-likeness (QED) is 0.591. The minimum atomic E-state index is -0.596. The summed E-state index contributed by atoms with van der Waals surface area (Å²) in [5.74, 6) is 0.0195. The zero-order chi connectivity index (χ0) is 25.1. The third kappa shape index (κ3) is 5.54. The lowest BCUT2D eigenvalue weighted by Crippen LogP contribution is -2.44. The number of aromatic nitrogens is 2. The van der Waals surface area contributed by atoms with Gasteiger partial charge in [0.25, 0.3) is 5.91 Å². The van der Waals surface area contributed by atoms with Crippen molar-refractivity contribution in [2.75, 3.05) is 39.4 Å². The van der Waals surface area contributed by atoms with Crippen LogP contribution in [-0.4, -0.2) is 76.2 Å². The van der Waals surface area contributed by atoms with Gasteiger partial charge in [-0.2, -0.15) is 0 Å². The first-order valence-electron chi connectivity index (χ1n) is 13.3. The topological polar surface area (TPSA) is 78.8 Å². The summed E-state index contributed by atoms with van der Waals surface area (Å²) in [5.41, 5.74) is 1.62. The zero-order valence-electron chi connectivity index (χ0n) is 21.2. The van der Waals surface area contributed by atoms with Crippen LogP contribution in [0.4, 0.5) is 4.39 Å². The summed E-state index contributed by atoms with van der Waals surface area (Å²) in [6.07, 6.45) is 11.1. The molecule has 0 radical (unpaired) electrons. The Morgan fingerprint density at radius 3 is 2.58 bits per heavy atom. The number of likely N-dealkylation sites (tertiary alicyclic amines) is 2. The molecule has 1 aromatic carbocycles. The van der Waals surface area contributed by atoms with Gasteiger partial charge in [-0.05, 0) is 75.1 Å². The van der Waals surface area contributed by atoms with Crippen LogP contribution >= 0.6 is 0 Å². The van der Waals surface area contributed by atoms with E-state index in [0.29, 0.717) is 41.6 Å². The number of hydrogen-bond donors (Lipinski definition) is 1. The number of ether oxygens (including phenoxy) is 1. The van der Waals surface area contributed by atoms with Crippen molar-refractivity contribution in [3.8, 4) is 17.1 Å². The Kier molecular flexibility index (Phi) is 7.53. The van der Waals surface area contributed by atoms with Crippen LogP contribution in [-0.2, 0) is 0 Å². The molecule has 2 aromatic rings. The predicted octanol–water partition coefficient (Wildman–Crippen LogP) is 4.16. The van der Waals surface area contributed by atoms with Gasteiger partial charge in [-0.3, -0.25) is 4.79 Å². The van der Waals surface area contributed by atoms with Gasteiger partial charge in [0, 0.05) is 18.7 Å². The van der Waals surface area contributed by atoms with Crippen molar-refractivity contribution >= 4 is 5.91 Å². The minimum absolute atomic E-state index is 0.0138. The van der Waals surface area contributed by atoms with Gasteiger partial charge in [-0.15, -0.1) is 0 Å². The first-order chi connectivity index (χ1) is 17.4. The van der Waals surface area contributed by atoms with E-state index in [1.165, 1.54) is 37.9 Å². The molecule has 1 N–H and O–H groups in total. The highest BCUT2D eigenvalue weighted by atomic mass is 19.1. The minimum Gasteiger partial charge on any atom is -0.476 e. The largest absolute Gasteiger partial charge is 0.476 e. The molecule has 0 unspecified atom stereocenters. The Labute approximate surface area is 212 Å². The molecule has 7 nitrogen and oxygen atoms in total. The van der Waals surface area contributed by atoms with Crippen LogP contribution in [0.2, 0.25) is 0 Å². The third-order valence-corrected chi connectivity index (χ3v) is 8.31. The lowest BCUT2D eigenvalue weighted by atomic mass is 9.70. The molecule has 1 aromatic heterocycles. The second-order valence-electron chi connectivity index (χ2n) is 11.1. The molecule has 3 fully saturated rings. The molecule has 0 spiro atoms. The monoisotopic (exact) mass is 496 g/mol. The van der Waals surface area contributed by atoms with Crippen LogP contribution in [0.25, 0.3) is 11.3 Å². The van der Waals surface area contributed by atoms with Crippen LogP contribution < -0.4 is 4.74 Å². The number of aliphatic hydroxyl groups excluding tert-OH is 1. The fourth-order valence-corrected chi connectivity index (χ4v) is 5.83. The molecule has 194 valence electrons. The molecule has 0 bridgehead atoms. The molecule has 1 amide bonds. The molecular formula is C28H37FN4O3. The standard InChI is InChI=1S/C28H37FN4O3/c1-28(9-3-10-28)19-32-12-7-20(8-13-32)18-36-26-16-30-25(15-31-26)21-5-6-23(24(29)14-21)27(35)33-11-2-4-22(33)17-34/h5-6,14-16,20,22,34H,2-4,7-13,17-19H2,1H3/t22-/m1/s1. The molecule has 5 rings (SSSR count). The third-order valence-electron chi connectivity index (χ3n) is 8.31. The van der Waals surface area contributed by atoms with Crippen molar-refractivity contribution in [2.45, 2.75) is 57.9 Å². The van der Waals surface area contributed by atoms with Gasteiger partial charge in [0.2, 0.25) is 5.88 Å². The van der Waals surface area contributed by atoms with Crippen LogP contribution in [0.3, 0.4) is 0 Å². The molecule has 36 heavy (non-hydrogen) atoms. The molecule has 1 aliphatic carbocycles. The van der Waals surface area contributed by atoms with E-state index >= 15 is 0 Å². The SMILES string of the molecule is CC1(CN2CCC(COc3cnc(-c4ccc(C(=O)N5CCC[C@@H]5CO)c(F)c4)cn3)CC2)CCC1. The number of rotatable bonds is 8. The Bertz CT molecular complexity index is 1050. The number of carbonyl (C=O) groups excluding carboxylic acids is 1. The normalized spacial score (nSPS) is 22.4. The fourth-order valence-electron chi connectivity index (χ4n) is 5.83. The van der Waals surface area contributed by atoms with E-state index < -0.39 is 5.82 Å². The number of aliphatic hydroxyl groups is 1. The summed E-state index contributed by atoms with van der Waals surface area (Å²) < 4.78 is 20.8. The van der Waals surface area contributed by atoms with E-state index in [-0.39, 0.29) is 24.1 Å². The van der Waals surface area contributed by atoms with E-state index in [2.05, 4.69) is 21.8 Å². The summed E-state index contributed by atoms with van der Waals surface area (Å²) in [5, 5.41) is 9.47. The lowest BCUT2D eigenvalue weighted by molar-refractivity contribution is 0.0560. The van der Waals surface area contributed by atoms with Crippen molar-refractivity contribution < 1.29 is 19.0 Å². The average Bonchev–Trinajstić information content (AvgIpc) is 3.36. The highest BCUT2D eigenvalue weighted by Gasteiger charge is 2.34. The van der Waals surface area contributed by atoms with Gasteiger partial charge in [-0.1, -0.05) is 19.4 Å². The fraction of sp³-hybridized carbons (Fsp3) is 0.607. The summed E-state index contributed by atoms with van der Waals surface area (Å²) in [4.78, 5) is 25.7. The highest BCUT2D eigenvalue weighted by molar-refractivity contribution is 5.95. The molecular weight excluding hydrogens is 459 g/mol. The van der Waals surface area contributed by atoms with Gasteiger partial charge in [0.05, 0.1) is 42.9 Å². The summed E-state index contributed by atoms with van der Waals surface area (Å²) in [7, 11) is 0. The van der Waals surface area contributed by atoms with E-state index in [4.69, 9.17) is 4.74 Å². The Morgan fingerprint density at radius 1 is 1.14 bits per heavy atom. The molecule has 2 aliphatic heterocycles. The molecule has 1 atom stereocenters. The second kappa shape index (κ2) is 10.8. The van der Waals surface area contributed by atoms with Gasteiger partial charge < -0.3 is 19.6 Å². The van der Waals surface area contributed by atoms with Crippen molar-refractivity contribution in [3.63, 3.8) is 0 Å². The Hall–Kier alpha value is -2.58. The second-order valence-corrected chi connectivity index (χ2v) is 11.1. The van der Waals surface area contributed by atoms with Crippen LogP contribution in [0, 0.1) is 17.2 Å². The first-order valence-corrected chi connectivity index (χ1v) is 13.3. The van der Waals surface area contributed by atoms with Crippen molar-refractivity contribution in [1.29, 1.82) is 0 Å². The van der Waals surface area contributed by atoms with Crippen molar-refractivity contribution in [1.82, 2.24) is 19.8 Å². The van der Waals surface area contributed by atoms with Crippen molar-refractivity contribution in [2.24, 2.45) is 11.3 Å². The molecule has 3 heterocycles. The van der Waals surface area contributed by atoms with Crippen LogP contribution in [0.1, 0.15) is 62.2 Å². The maximum atomic E-state index is 14.8. The summed E-state index contributed by atoms with van der Waals surface area (Å²) in [6, 6.07) is 4.25. The van der Waals surface area contributed by atoms with Crippen LogP contribution in [0.5, 0.6) is 5.88 Å². The van der Waals surface area contributed by atoms with Gasteiger partial charge in [-0.25, -0.2) is 14.4 Å². The van der Waals surface area contributed by atoms with Crippen LogP contribution in [0.15, 0.2) is 30.6 Å². The Balaban J connectivity index is 1.13. The predicted molar refractivity (Wildman–Crippen MR) is 135 cm³/mol. The van der Waals surface area contributed by atoms with E-state index in [0.717, 1.165) is 38.8 Å². The number of hydrogen-bond acceptors (Lipinski definition) is 6. The number of halogens is 1. The molecule has 3 aliphatic rings. The maximum absolute atomic E-state index is 14.8. The van der Waals surface area contributed by atoms with E-state index in [1.807, 2.05) is 0 Å². The molecule has 2 saturated heterocycles. The van der Waals surface area contributed by atoms with E-state index in [9.17, 15) is 14.3 Å². The number of piperidine rings is 1. The van der Waals surface area contributed by atoms with E-state index in [1.54, 1.807) is 23.4 Å². The molecule has 1 saturated carbocycles.